The maximum absolute atomic E-state index is 12.8. The zero-order chi connectivity index (χ0) is 19.5. The van der Waals surface area contributed by atoms with Gasteiger partial charge in [-0.2, -0.15) is 0 Å². The maximum Gasteiger partial charge on any atom is 0.253 e. The monoisotopic (exact) mass is 373 g/mol. The molecule has 1 saturated heterocycles. The van der Waals surface area contributed by atoms with Crippen LogP contribution in [0.4, 0.5) is 5.82 Å². The van der Waals surface area contributed by atoms with Gasteiger partial charge in [0.2, 0.25) is 0 Å². The van der Waals surface area contributed by atoms with Crippen LogP contribution in [0.1, 0.15) is 35.8 Å². The highest BCUT2D eigenvalue weighted by atomic mass is 16.2. The Kier molecular flexibility index (Phi) is 5.02. The van der Waals surface area contributed by atoms with Crippen molar-refractivity contribution in [1.82, 2.24) is 20.1 Å². The fraction of sp³-hybridized carbons (Fsp3) is 0.273. The predicted molar refractivity (Wildman–Crippen MR) is 109 cm³/mol. The number of pyridine rings is 1. The lowest BCUT2D eigenvalue weighted by molar-refractivity contribution is 0.0599. The number of benzene rings is 1. The second-order valence-corrected chi connectivity index (χ2v) is 7.35. The molecule has 4 rings (SSSR count). The van der Waals surface area contributed by atoms with Gasteiger partial charge >= 0.3 is 0 Å². The maximum atomic E-state index is 12.8. The molecular weight excluding hydrogens is 350 g/mol. The Labute approximate surface area is 164 Å². The Balaban J connectivity index is 1.44. The van der Waals surface area contributed by atoms with E-state index in [1.165, 1.54) is 0 Å². The molecule has 6 heteroatoms. The van der Waals surface area contributed by atoms with Gasteiger partial charge in [0.1, 0.15) is 5.82 Å². The molecule has 0 unspecified atom stereocenters. The number of anilines is 1. The van der Waals surface area contributed by atoms with Gasteiger partial charge in [-0.3, -0.25) is 9.78 Å². The summed E-state index contributed by atoms with van der Waals surface area (Å²) in [6, 6.07) is 17.6. The number of amides is 1. The topological polar surface area (TPSA) is 71.0 Å². The van der Waals surface area contributed by atoms with Crippen LogP contribution in [-0.4, -0.2) is 45.1 Å². The Morgan fingerprint density at radius 3 is 2.61 bits per heavy atom. The number of nitrogens with one attached hydrogen (secondary N) is 1. The van der Waals surface area contributed by atoms with Crippen molar-refractivity contribution in [2.75, 3.05) is 18.4 Å². The summed E-state index contributed by atoms with van der Waals surface area (Å²) in [5.74, 6) is 1.10. The van der Waals surface area contributed by atoms with Crippen molar-refractivity contribution in [2.24, 2.45) is 0 Å². The van der Waals surface area contributed by atoms with E-state index in [-0.39, 0.29) is 5.91 Å². The van der Waals surface area contributed by atoms with Crippen molar-refractivity contribution < 1.29 is 4.79 Å². The van der Waals surface area contributed by atoms with Gasteiger partial charge < -0.3 is 10.2 Å². The Morgan fingerprint density at radius 2 is 1.93 bits per heavy atom. The molecule has 0 spiro atoms. The minimum absolute atomic E-state index is 0.0417. The Morgan fingerprint density at radius 1 is 1.07 bits per heavy atom. The first-order valence-electron chi connectivity index (χ1n) is 9.51. The summed E-state index contributed by atoms with van der Waals surface area (Å²) in [5.41, 5.74) is 3.35. The number of hydrogen-bond acceptors (Lipinski definition) is 5. The average Bonchev–Trinajstić information content (AvgIpc) is 2.68. The van der Waals surface area contributed by atoms with E-state index in [0.29, 0.717) is 30.6 Å². The summed E-state index contributed by atoms with van der Waals surface area (Å²) in [5, 5.41) is 11.7. The molecule has 2 aromatic heterocycles. The molecule has 0 aliphatic carbocycles. The lowest BCUT2D eigenvalue weighted by Crippen LogP contribution is -2.48. The summed E-state index contributed by atoms with van der Waals surface area (Å²) in [4.78, 5) is 19.1. The lowest BCUT2D eigenvalue weighted by Gasteiger charge is -2.39. The van der Waals surface area contributed by atoms with Crippen LogP contribution >= 0.6 is 0 Å². The quantitative estimate of drug-likeness (QED) is 0.740. The minimum atomic E-state index is 0.0417. The van der Waals surface area contributed by atoms with Crippen molar-refractivity contribution in [2.45, 2.75) is 25.8 Å². The van der Waals surface area contributed by atoms with Crippen molar-refractivity contribution in [3.05, 3.63) is 72.1 Å². The summed E-state index contributed by atoms with van der Waals surface area (Å²) >= 11 is 0. The molecule has 1 amide bonds. The number of aromatic nitrogens is 3. The van der Waals surface area contributed by atoms with E-state index in [2.05, 4.69) is 34.3 Å². The largest absolute Gasteiger partial charge is 0.366 e. The summed E-state index contributed by atoms with van der Waals surface area (Å²) in [7, 11) is 0. The third kappa shape index (κ3) is 3.86. The summed E-state index contributed by atoms with van der Waals surface area (Å²) < 4.78 is 0. The Hall–Kier alpha value is -3.28. The first-order chi connectivity index (χ1) is 13.6. The number of likely N-dealkylation sites (tertiary alicyclic amines) is 1. The van der Waals surface area contributed by atoms with Gasteiger partial charge in [-0.1, -0.05) is 18.2 Å². The molecular formula is C22H23N5O. The van der Waals surface area contributed by atoms with Crippen LogP contribution in [0.25, 0.3) is 11.3 Å². The summed E-state index contributed by atoms with van der Waals surface area (Å²) in [6.45, 7) is 5.52. The number of nitrogens with zero attached hydrogens (tertiary/aromatic N) is 4. The lowest BCUT2D eigenvalue weighted by atomic mass is 9.94. The SMILES string of the molecule is CC(C)Nc1ccc(-c2cccc(C(=O)N3CC(c4ccccn4)C3)c2)nn1. The molecule has 3 aromatic rings. The van der Waals surface area contributed by atoms with Gasteiger partial charge in [0.15, 0.2) is 0 Å². The van der Waals surface area contributed by atoms with E-state index in [0.717, 1.165) is 22.8 Å². The van der Waals surface area contributed by atoms with E-state index in [1.807, 2.05) is 59.5 Å². The average molecular weight is 373 g/mol. The number of carbonyl (C=O) groups is 1. The smallest absolute Gasteiger partial charge is 0.253 e. The molecule has 28 heavy (non-hydrogen) atoms. The number of rotatable bonds is 5. The van der Waals surface area contributed by atoms with Gasteiger partial charge in [-0.25, -0.2) is 0 Å². The highest BCUT2D eigenvalue weighted by Crippen LogP contribution is 2.27. The first kappa shape index (κ1) is 18.1. The molecule has 1 N–H and O–H groups in total. The minimum Gasteiger partial charge on any atom is -0.366 e. The van der Waals surface area contributed by atoms with Crippen molar-refractivity contribution in [3.8, 4) is 11.3 Å². The summed E-state index contributed by atoms with van der Waals surface area (Å²) in [6.07, 6.45) is 1.80. The van der Waals surface area contributed by atoms with E-state index in [4.69, 9.17) is 0 Å². The van der Waals surface area contributed by atoms with Crippen LogP contribution in [0.15, 0.2) is 60.8 Å². The molecule has 1 fully saturated rings. The zero-order valence-corrected chi connectivity index (χ0v) is 16.0. The first-order valence-corrected chi connectivity index (χ1v) is 9.51. The molecule has 142 valence electrons. The molecule has 0 saturated carbocycles. The normalized spacial score (nSPS) is 14.0. The molecule has 6 nitrogen and oxygen atoms in total. The molecule has 1 aromatic carbocycles. The van der Waals surface area contributed by atoms with Crippen LogP contribution < -0.4 is 5.32 Å². The van der Waals surface area contributed by atoms with Crippen LogP contribution in [0.5, 0.6) is 0 Å². The van der Waals surface area contributed by atoms with Gasteiger partial charge in [0.05, 0.1) is 5.69 Å². The molecule has 0 radical (unpaired) electrons. The van der Waals surface area contributed by atoms with E-state index in [9.17, 15) is 4.79 Å². The molecule has 1 aliphatic heterocycles. The van der Waals surface area contributed by atoms with Gasteiger partial charge in [0.25, 0.3) is 5.91 Å². The highest BCUT2D eigenvalue weighted by Gasteiger charge is 2.33. The zero-order valence-electron chi connectivity index (χ0n) is 16.0. The van der Waals surface area contributed by atoms with Crippen LogP contribution in [0.3, 0.4) is 0 Å². The fourth-order valence-electron chi connectivity index (χ4n) is 3.30. The van der Waals surface area contributed by atoms with Crippen molar-refractivity contribution >= 4 is 11.7 Å². The number of hydrogen-bond donors (Lipinski definition) is 1. The fourth-order valence-corrected chi connectivity index (χ4v) is 3.30. The standard InChI is InChI=1S/C22H23N5O/c1-15(2)24-21-10-9-20(25-26-21)16-6-5-7-17(12-16)22(28)27-13-18(14-27)19-8-3-4-11-23-19/h3-12,15,18H,13-14H2,1-2H3,(H,24,26). The molecule has 3 heterocycles. The van der Waals surface area contributed by atoms with Gasteiger partial charge in [-0.05, 0) is 50.2 Å². The number of carbonyl (C=O) groups excluding carboxylic acids is 1. The highest BCUT2D eigenvalue weighted by molar-refractivity contribution is 5.96. The van der Waals surface area contributed by atoms with Gasteiger partial charge in [-0.15, -0.1) is 10.2 Å². The second kappa shape index (κ2) is 7.76. The van der Waals surface area contributed by atoms with Crippen LogP contribution in [0.2, 0.25) is 0 Å². The van der Waals surface area contributed by atoms with E-state index >= 15 is 0 Å². The van der Waals surface area contributed by atoms with E-state index < -0.39 is 0 Å². The van der Waals surface area contributed by atoms with Gasteiger partial charge in [0, 0.05) is 48.1 Å². The van der Waals surface area contributed by atoms with Crippen molar-refractivity contribution in [3.63, 3.8) is 0 Å². The van der Waals surface area contributed by atoms with E-state index in [1.54, 1.807) is 6.20 Å². The third-order valence-corrected chi connectivity index (χ3v) is 4.78. The predicted octanol–water partition coefficient (Wildman–Crippen LogP) is 3.60. The second-order valence-electron chi connectivity index (χ2n) is 7.35. The van der Waals surface area contributed by atoms with Crippen molar-refractivity contribution in [1.29, 1.82) is 0 Å². The molecule has 0 bridgehead atoms. The molecule has 0 atom stereocenters. The van der Waals surface area contributed by atoms with Crippen LogP contribution in [0, 0.1) is 0 Å². The van der Waals surface area contributed by atoms with Crippen LogP contribution in [-0.2, 0) is 0 Å². The third-order valence-electron chi connectivity index (χ3n) is 4.78. The Bertz CT molecular complexity index is 950. The molecule has 1 aliphatic rings.